The Kier molecular flexibility index (Phi) is 9.23. The highest BCUT2D eigenvalue weighted by Crippen LogP contribution is 2.46. The SMILES string of the molecule is CCCCOC(=O)N1c2cc(OC)c(OC)cc2[C@@H](N(Cc2ccccc2)C(=O)OCC)C[C@H]1C. The van der Waals surface area contributed by atoms with Gasteiger partial charge in [0.05, 0.1) is 39.2 Å². The summed E-state index contributed by atoms with van der Waals surface area (Å²) in [4.78, 5) is 29.7. The molecule has 3 rings (SSSR count). The van der Waals surface area contributed by atoms with Crippen LogP contribution in [0.5, 0.6) is 11.5 Å². The molecule has 8 heteroatoms. The molecule has 2 atom stereocenters. The summed E-state index contributed by atoms with van der Waals surface area (Å²) in [5, 5.41) is 0. The first kappa shape index (κ1) is 26.2. The number of benzene rings is 2. The topological polar surface area (TPSA) is 77.5 Å². The maximum Gasteiger partial charge on any atom is 0.414 e. The second-order valence-corrected chi connectivity index (χ2v) is 8.52. The van der Waals surface area contributed by atoms with Crippen LogP contribution in [0.25, 0.3) is 0 Å². The normalized spacial score (nSPS) is 16.8. The number of methoxy groups -OCH3 is 2. The van der Waals surface area contributed by atoms with E-state index in [1.165, 1.54) is 0 Å². The molecule has 1 aliphatic heterocycles. The summed E-state index contributed by atoms with van der Waals surface area (Å²) < 4.78 is 22.1. The fourth-order valence-electron chi connectivity index (χ4n) is 4.39. The van der Waals surface area contributed by atoms with Crippen LogP contribution < -0.4 is 14.4 Å². The predicted molar refractivity (Wildman–Crippen MR) is 134 cm³/mol. The molecule has 0 radical (unpaired) electrons. The van der Waals surface area contributed by atoms with Crippen molar-refractivity contribution in [2.45, 2.75) is 58.7 Å². The molecule has 2 amide bonds. The van der Waals surface area contributed by atoms with Gasteiger partial charge in [-0.1, -0.05) is 43.7 Å². The molecular weight excluding hydrogens is 448 g/mol. The molecule has 0 spiro atoms. The Hall–Kier alpha value is -3.42. The van der Waals surface area contributed by atoms with Gasteiger partial charge in [0.15, 0.2) is 11.5 Å². The Morgan fingerprint density at radius 3 is 2.34 bits per heavy atom. The lowest BCUT2D eigenvalue weighted by molar-refractivity contribution is 0.0808. The molecule has 2 aromatic rings. The summed E-state index contributed by atoms with van der Waals surface area (Å²) in [5.74, 6) is 1.02. The van der Waals surface area contributed by atoms with Crippen LogP contribution in [0.1, 0.15) is 57.2 Å². The van der Waals surface area contributed by atoms with Crippen molar-refractivity contribution in [2.75, 3.05) is 32.3 Å². The van der Waals surface area contributed by atoms with Crippen molar-refractivity contribution in [3.63, 3.8) is 0 Å². The highest BCUT2D eigenvalue weighted by molar-refractivity contribution is 5.91. The minimum Gasteiger partial charge on any atom is -0.493 e. The fourth-order valence-corrected chi connectivity index (χ4v) is 4.39. The molecule has 0 bridgehead atoms. The number of carbonyl (C=O) groups excluding carboxylic acids is 2. The third-order valence-electron chi connectivity index (χ3n) is 6.15. The molecule has 0 N–H and O–H groups in total. The molecule has 35 heavy (non-hydrogen) atoms. The van der Waals surface area contributed by atoms with E-state index in [-0.39, 0.29) is 18.7 Å². The van der Waals surface area contributed by atoms with Gasteiger partial charge in [0.2, 0.25) is 0 Å². The highest BCUT2D eigenvalue weighted by Gasteiger charge is 2.40. The number of carbonyl (C=O) groups is 2. The van der Waals surface area contributed by atoms with Crippen LogP contribution in [0.15, 0.2) is 42.5 Å². The van der Waals surface area contributed by atoms with E-state index >= 15 is 0 Å². The lowest BCUT2D eigenvalue weighted by Gasteiger charge is -2.42. The molecule has 190 valence electrons. The molecule has 2 aromatic carbocycles. The van der Waals surface area contributed by atoms with Crippen molar-refractivity contribution in [1.82, 2.24) is 4.90 Å². The smallest absolute Gasteiger partial charge is 0.414 e. The largest absolute Gasteiger partial charge is 0.493 e. The van der Waals surface area contributed by atoms with Gasteiger partial charge in [0.25, 0.3) is 0 Å². The lowest BCUT2D eigenvalue weighted by Crippen LogP contribution is -2.47. The van der Waals surface area contributed by atoms with Crippen LogP contribution in [0.2, 0.25) is 0 Å². The third-order valence-corrected chi connectivity index (χ3v) is 6.15. The van der Waals surface area contributed by atoms with Crippen LogP contribution in [-0.2, 0) is 16.0 Å². The number of hydrogen-bond donors (Lipinski definition) is 0. The van der Waals surface area contributed by atoms with Gasteiger partial charge in [-0.05, 0) is 38.3 Å². The number of unbranched alkanes of at least 4 members (excludes halogenated alkanes) is 1. The zero-order chi connectivity index (χ0) is 25.4. The Morgan fingerprint density at radius 1 is 1.03 bits per heavy atom. The van der Waals surface area contributed by atoms with E-state index in [2.05, 4.69) is 0 Å². The van der Waals surface area contributed by atoms with E-state index in [1.54, 1.807) is 37.0 Å². The van der Waals surface area contributed by atoms with Gasteiger partial charge < -0.3 is 18.9 Å². The molecule has 0 unspecified atom stereocenters. The molecule has 0 aliphatic carbocycles. The number of hydrogen-bond acceptors (Lipinski definition) is 6. The van der Waals surface area contributed by atoms with Crippen LogP contribution in [0, 0.1) is 0 Å². The number of fused-ring (bicyclic) bond motifs is 1. The van der Waals surface area contributed by atoms with Gasteiger partial charge in [-0.25, -0.2) is 9.59 Å². The third kappa shape index (κ3) is 5.99. The standard InChI is InChI=1S/C27H36N2O6/c1-6-8-14-35-27(31)29-19(3)15-22(21-16-24(32-4)25(33-5)17-23(21)29)28(26(30)34-7-2)18-20-12-10-9-11-13-20/h9-13,16-17,19,22H,6-8,14-15,18H2,1-5H3/t19-,22+/m1/s1. The van der Waals surface area contributed by atoms with Crippen molar-refractivity contribution in [3.05, 3.63) is 53.6 Å². The van der Waals surface area contributed by atoms with E-state index in [1.807, 2.05) is 50.2 Å². The first-order chi connectivity index (χ1) is 16.9. The van der Waals surface area contributed by atoms with Crippen molar-refractivity contribution in [1.29, 1.82) is 0 Å². The van der Waals surface area contributed by atoms with Crippen LogP contribution >= 0.6 is 0 Å². The van der Waals surface area contributed by atoms with E-state index in [4.69, 9.17) is 18.9 Å². The molecule has 0 fully saturated rings. The average molecular weight is 485 g/mol. The Morgan fingerprint density at radius 2 is 1.71 bits per heavy atom. The Labute approximate surface area is 207 Å². The molecule has 8 nitrogen and oxygen atoms in total. The van der Waals surface area contributed by atoms with Crippen LogP contribution in [0.3, 0.4) is 0 Å². The van der Waals surface area contributed by atoms with Crippen molar-refractivity contribution in [3.8, 4) is 11.5 Å². The fraction of sp³-hybridized carbons (Fsp3) is 0.481. The van der Waals surface area contributed by atoms with Gasteiger partial charge in [-0.2, -0.15) is 0 Å². The maximum absolute atomic E-state index is 13.2. The summed E-state index contributed by atoms with van der Waals surface area (Å²) in [6.45, 7) is 6.78. The van der Waals surface area contributed by atoms with Crippen LogP contribution in [0.4, 0.5) is 15.3 Å². The Bertz CT molecular complexity index is 997. The maximum atomic E-state index is 13.2. The second kappa shape index (κ2) is 12.3. The van der Waals surface area contributed by atoms with Gasteiger partial charge in [-0.3, -0.25) is 9.80 Å². The van der Waals surface area contributed by atoms with E-state index in [0.29, 0.717) is 36.8 Å². The summed E-state index contributed by atoms with van der Waals surface area (Å²) in [7, 11) is 3.12. The molecular formula is C27H36N2O6. The Balaban J connectivity index is 2.09. The molecule has 0 aromatic heterocycles. The minimum absolute atomic E-state index is 0.229. The van der Waals surface area contributed by atoms with Crippen LogP contribution in [-0.4, -0.2) is 50.6 Å². The number of rotatable bonds is 9. The van der Waals surface area contributed by atoms with E-state index in [0.717, 1.165) is 24.0 Å². The van der Waals surface area contributed by atoms with Crippen molar-refractivity contribution in [2.24, 2.45) is 0 Å². The monoisotopic (exact) mass is 484 g/mol. The lowest BCUT2D eigenvalue weighted by atomic mass is 9.90. The van der Waals surface area contributed by atoms with Gasteiger partial charge >= 0.3 is 12.2 Å². The molecule has 1 heterocycles. The predicted octanol–water partition coefficient (Wildman–Crippen LogP) is 5.94. The zero-order valence-electron chi connectivity index (χ0n) is 21.3. The van der Waals surface area contributed by atoms with Gasteiger partial charge in [0.1, 0.15) is 0 Å². The number of anilines is 1. The molecule has 0 saturated carbocycles. The van der Waals surface area contributed by atoms with Gasteiger partial charge in [-0.15, -0.1) is 0 Å². The summed E-state index contributed by atoms with van der Waals surface area (Å²) >= 11 is 0. The quantitative estimate of drug-likeness (QED) is 0.410. The number of nitrogens with zero attached hydrogens (tertiary/aromatic N) is 2. The number of ether oxygens (including phenoxy) is 4. The highest BCUT2D eigenvalue weighted by atomic mass is 16.6. The zero-order valence-corrected chi connectivity index (χ0v) is 21.3. The second-order valence-electron chi connectivity index (χ2n) is 8.52. The van der Waals surface area contributed by atoms with E-state index < -0.39 is 12.2 Å². The first-order valence-electron chi connectivity index (χ1n) is 12.1. The van der Waals surface area contributed by atoms with E-state index in [9.17, 15) is 9.59 Å². The van der Waals surface area contributed by atoms with Crippen molar-refractivity contribution >= 4 is 17.9 Å². The average Bonchev–Trinajstić information content (AvgIpc) is 2.86. The summed E-state index contributed by atoms with van der Waals surface area (Å²) in [5.41, 5.74) is 2.39. The first-order valence-corrected chi connectivity index (χ1v) is 12.1. The summed E-state index contributed by atoms with van der Waals surface area (Å²) in [6.07, 6.45) is 1.41. The van der Waals surface area contributed by atoms with Crippen molar-refractivity contribution < 1.29 is 28.5 Å². The molecule has 0 saturated heterocycles. The number of amides is 2. The minimum atomic E-state index is -0.413. The molecule has 1 aliphatic rings. The summed E-state index contributed by atoms with van der Waals surface area (Å²) in [6, 6.07) is 12.8. The van der Waals surface area contributed by atoms with Gasteiger partial charge in [0, 0.05) is 24.2 Å².